The van der Waals surface area contributed by atoms with Gasteiger partial charge in [-0.2, -0.15) is 0 Å². The second-order valence-electron chi connectivity index (χ2n) is 6.53. The van der Waals surface area contributed by atoms with Crippen LogP contribution >= 0.6 is 12.4 Å². The number of hydrazine groups is 1. The molecule has 3 nitrogen and oxygen atoms in total. The van der Waals surface area contributed by atoms with Gasteiger partial charge < -0.3 is 4.74 Å². The molecule has 25 heavy (non-hydrogen) atoms. The Hall–Kier alpha value is -1.39. The van der Waals surface area contributed by atoms with E-state index in [4.69, 9.17) is 4.74 Å². The predicted molar refractivity (Wildman–Crippen MR) is 106 cm³/mol. The molecule has 1 aliphatic rings. The van der Waals surface area contributed by atoms with E-state index in [2.05, 4.69) is 65.9 Å². The molecule has 1 fully saturated rings. The maximum absolute atomic E-state index is 6.26. The zero-order valence-electron chi connectivity index (χ0n) is 15.0. The molecule has 2 aromatic rings. The summed E-state index contributed by atoms with van der Waals surface area (Å²) in [7, 11) is 0. The Morgan fingerprint density at radius 1 is 0.920 bits per heavy atom. The number of hydrogen-bond acceptors (Lipinski definition) is 3. The number of hydrogen-bond donors (Lipinski definition) is 1. The van der Waals surface area contributed by atoms with E-state index < -0.39 is 0 Å². The molecule has 136 valence electrons. The van der Waals surface area contributed by atoms with Gasteiger partial charge in [0.15, 0.2) is 0 Å². The highest BCUT2D eigenvalue weighted by Crippen LogP contribution is 2.26. The van der Waals surface area contributed by atoms with Gasteiger partial charge in [-0.3, -0.25) is 5.43 Å². The normalized spacial score (nSPS) is 16.2. The van der Waals surface area contributed by atoms with E-state index in [9.17, 15) is 0 Å². The number of nitrogens with one attached hydrogen (secondary N) is 1. The lowest BCUT2D eigenvalue weighted by Crippen LogP contribution is -2.43. The molecule has 1 heterocycles. The van der Waals surface area contributed by atoms with Crippen molar-refractivity contribution in [1.82, 2.24) is 10.4 Å². The molecule has 2 aromatic carbocycles. The Morgan fingerprint density at radius 3 is 2.24 bits per heavy atom. The number of aryl methyl sites for hydroxylation is 1. The summed E-state index contributed by atoms with van der Waals surface area (Å²) in [5, 5.41) is 2.33. The Bertz CT molecular complexity index is 597. The first-order valence-corrected chi connectivity index (χ1v) is 9.04. The van der Waals surface area contributed by atoms with Crippen molar-refractivity contribution < 1.29 is 4.74 Å². The van der Waals surface area contributed by atoms with E-state index in [1.165, 1.54) is 36.0 Å². The predicted octanol–water partition coefficient (Wildman–Crippen LogP) is 4.51. The lowest BCUT2D eigenvalue weighted by molar-refractivity contribution is 0.0609. The van der Waals surface area contributed by atoms with Gasteiger partial charge >= 0.3 is 0 Å². The van der Waals surface area contributed by atoms with Crippen LogP contribution in [0.2, 0.25) is 0 Å². The standard InChI is InChI=1S/C21H28N2O.ClH/c1-18-10-12-20(13-11-18)21(19-8-4-2-5-9-19)24-17-14-22-23-15-6-3-7-16-23;/h2,4-5,8-13,21-22H,3,6-7,14-17H2,1H3;1H. The van der Waals surface area contributed by atoms with Crippen LogP contribution < -0.4 is 5.43 Å². The lowest BCUT2D eigenvalue weighted by atomic mass is 10.0. The van der Waals surface area contributed by atoms with Crippen molar-refractivity contribution in [3.05, 3.63) is 71.3 Å². The summed E-state index contributed by atoms with van der Waals surface area (Å²) in [5.41, 5.74) is 7.19. The number of rotatable bonds is 7. The third kappa shape index (κ3) is 6.12. The molecule has 0 aliphatic carbocycles. The van der Waals surface area contributed by atoms with E-state index in [1.54, 1.807) is 0 Å². The van der Waals surface area contributed by atoms with Crippen LogP contribution in [0.1, 0.15) is 42.1 Å². The third-order valence-corrected chi connectivity index (χ3v) is 4.56. The van der Waals surface area contributed by atoms with E-state index in [0.29, 0.717) is 6.61 Å². The molecule has 1 aliphatic heterocycles. The topological polar surface area (TPSA) is 24.5 Å². The summed E-state index contributed by atoms with van der Waals surface area (Å²) in [6, 6.07) is 19.1. The average molecular weight is 361 g/mol. The smallest absolute Gasteiger partial charge is 0.108 e. The number of nitrogens with zero attached hydrogens (tertiary/aromatic N) is 1. The maximum Gasteiger partial charge on any atom is 0.108 e. The first-order chi connectivity index (χ1) is 11.8. The van der Waals surface area contributed by atoms with Crippen molar-refractivity contribution in [1.29, 1.82) is 0 Å². The van der Waals surface area contributed by atoms with Crippen LogP contribution in [0.3, 0.4) is 0 Å². The highest BCUT2D eigenvalue weighted by Gasteiger charge is 2.15. The minimum Gasteiger partial charge on any atom is -0.367 e. The summed E-state index contributed by atoms with van der Waals surface area (Å²) in [5.74, 6) is 0. The van der Waals surface area contributed by atoms with Crippen LogP contribution in [-0.4, -0.2) is 31.3 Å². The van der Waals surface area contributed by atoms with E-state index >= 15 is 0 Å². The molecule has 1 N–H and O–H groups in total. The highest BCUT2D eigenvalue weighted by atomic mass is 35.5. The molecular weight excluding hydrogens is 332 g/mol. The van der Waals surface area contributed by atoms with Gasteiger partial charge in [0.2, 0.25) is 0 Å². The Morgan fingerprint density at radius 2 is 1.56 bits per heavy atom. The fourth-order valence-corrected chi connectivity index (χ4v) is 3.19. The van der Waals surface area contributed by atoms with Gasteiger partial charge in [-0.05, 0) is 30.9 Å². The molecule has 0 radical (unpaired) electrons. The van der Waals surface area contributed by atoms with Crippen LogP contribution in [0.15, 0.2) is 54.6 Å². The van der Waals surface area contributed by atoms with Crippen LogP contribution in [0.4, 0.5) is 0 Å². The quantitative estimate of drug-likeness (QED) is 0.735. The second-order valence-corrected chi connectivity index (χ2v) is 6.53. The monoisotopic (exact) mass is 360 g/mol. The molecule has 0 amide bonds. The van der Waals surface area contributed by atoms with Crippen molar-refractivity contribution in [3.63, 3.8) is 0 Å². The van der Waals surface area contributed by atoms with Crippen LogP contribution in [-0.2, 0) is 4.74 Å². The second kappa shape index (κ2) is 10.6. The van der Waals surface area contributed by atoms with E-state index in [1.807, 2.05) is 6.07 Å². The average Bonchev–Trinajstić information content (AvgIpc) is 2.64. The molecule has 0 spiro atoms. The molecule has 1 atom stereocenters. The van der Waals surface area contributed by atoms with Gasteiger partial charge in [0, 0.05) is 19.6 Å². The number of benzene rings is 2. The Balaban J connectivity index is 0.00000225. The van der Waals surface area contributed by atoms with Gasteiger partial charge in [0.05, 0.1) is 6.61 Å². The molecule has 1 unspecified atom stereocenters. The van der Waals surface area contributed by atoms with Gasteiger partial charge in [-0.15, -0.1) is 12.4 Å². The SMILES string of the molecule is Cc1ccc(C(OCCNN2CCCCC2)c2ccccc2)cc1.Cl. The van der Waals surface area contributed by atoms with Crippen molar-refractivity contribution in [2.75, 3.05) is 26.2 Å². The lowest BCUT2D eigenvalue weighted by Gasteiger charge is -2.27. The maximum atomic E-state index is 6.26. The number of ether oxygens (including phenoxy) is 1. The highest BCUT2D eigenvalue weighted by molar-refractivity contribution is 5.85. The minimum absolute atomic E-state index is 0. The molecule has 0 bridgehead atoms. The Labute approximate surface area is 157 Å². The fourth-order valence-electron chi connectivity index (χ4n) is 3.19. The largest absolute Gasteiger partial charge is 0.367 e. The third-order valence-electron chi connectivity index (χ3n) is 4.56. The van der Waals surface area contributed by atoms with Crippen LogP contribution in [0.25, 0.3) is 0 Å². The zero-order valence-corrected chi connectivity index (χ0v) is 15.8. The molecule has 0 saturated carbocycles. The number of halogens is 1. The summed E-state index contributed by atoms with van der Waals surface area (Å²) in [6.07, 6.45) is 3.95. The molecule has 4 heteroatoms. The van der Waals surface area contributed by atoms with Gasteiger partial charge in [0.1, 0.15) is 6.10 Å². The van der Waals surface area contributed by atoms with E-state index in [-0.39, 0.29) is 18.5 Å². The first-order valence-electron chi connectivity index (χ1n) is 9.04. The first kappa shape index (κ1) is 19.9. The van der Waals surface area contributed by atoms with Gasteiger partial charge in [-0.1, -0.05) is 66.6 Å². The summed E-state index contributed by atoms with van der Waals surface area (Å²) < 4.78 is 6.26. The van der Waals surface area contributed by atoms with Crippen molar-refractivity contribution in [2.24, 2.45) is 0 Å². The minimum atomic E-state index is -0.00467. The molecule has 3 rings (SSSR count). The van der Waals surface area contributed by atoms with Crippen molar-refractivity contribution >= 4 is 12.4 Å². The Kier molecular flexibility index (Phi) is 8.42. The van der Waals surface area contributed by atoms with Gasteiger partial charge in [0.25, 0.3) is 0 Å². The fraction of sp³-hybridized carbons (Fsp3) is 0.429. The van der Waals surface area contributed by atoms with Crippen molar-refractivity contribution in [2.45, 2.75) is 32.3 Å². The number of piperidine rings is 1. The molecular formula is C21H29ClN2O. The van der Waals surface area contributed by atoms with Crippen molar-refractivity contribution in [3.8, 4) is 0 Å². The van der Waals surface area contributed by atoms with Gasteiger partial charge in [-0.25, -0.2) is 5.01 Å². The summed E-state index contributed by atoms with van der Waals surface area (Å²) in [6.45, 7) is 5.98. The zero-order chi connectivity index (χ0) is 16.6. The molecule has 0 aromatic heterocycles. The summed E-state index contributed by atoms with van der Waals surface area (Å²) in [4.78, 5) is 0. The van der Waals surface area contributed by atoms with Crippen LogP contribution in [0, 0.1) is 6.92 Å². The van der Waals surface area contributed by atoms with Crippen LogP contribution in [0.5, 0.6) is 0 Å². The van der Waals surface area contributed by atoms with E-state index in [0.717, 1.165) is 19.6 Å². The summed E-state index contributed by atoms with van der Waals surface area (Å²) >= 11 is 0. The molecule has 1 saturated heterocycles.